The molecule has 3 aromatic heterocycles. The topological polar surface area (TPSA) is 66.5 Å². The van der Waals surface area contributed by atoms with E-state index < -0.39 is 0 Å². The SMILES string of the molecule is CCCc1cc(/C=C/c2ccncc2)c2[nH]nc(Nc3nccs3)c2c1. The minimum absolute atomic E-state index is 0.812. The van der Waals surface area contributed by atoms with Gasteiger partial charge in [0, 0.05) is 34.9 Å². The van der Waals surface area contributed by atoms with E-state index in [1.165, 1.54) is 5.56 Å². The zero-order chi connectivity index (χ0) is 17.8. The van der Waals surface area contributed by atoms with E-state index in [9.17, 15) is 0 Å². The fraction of sp³-hybridized carbons (Fsp3) is 0.150. The van der Waals surface area contributed by atoms with Gasteiger partial charge in [-0.05, 0) is 41.8 Å². The Balaban J connectivity index is 1.76. The van der Waals surface area contributed by atoms with Crippen LogP contribution in [0.5, 0.6) is 0 Å². The van der Waals surface area contributed by atoms with Crippen LogP contribution in [0.1, 0.15) is 30.0 Å². The highest BCUT2D eigenvalue weighted by atomic mass is 32.1. The molecule has 0 radical (unpaired) electrons. The fourth-order valence-electron chi connectivity index (χ4n) is 2.92. The summed E-state index contributed by atoms with van der Waals surface area (Å²) in [4.78, 5) is 8.35. The molecular weight excluding hydrogens is 342 g/mol. The quantitative estimate of drug-likeness (QED) is 0.490. The van der Waals surface area contributed by atoms with Crippen LogP contribution >= 0.6 is 11.3 Å². The van der Waals surface area contributed by atoms with Gasteiger partial charge in [-0.25, -0.2) is 4.98 Å². The molecule has 130 valence electrons. The second-order valence-corrected chi connectivity index (χ2v) is 6.90. The number of nitrogens with zero attached hydrogens (tertiary/aromatic N) is 3. The number of nitrogens with one attached hydrogen (secondary N) is 2. The van der Waals surface area contributed by atoms with Crippen LogP contribution in [0.2, 0.25) is 0 Å². The van der Waals surface area contributed by atoms with Crippen molar-refractivity contribution in [3.8, 4) is 0 Å². The summed E-state index contributed by atoms with van der Waals surface area (Å²) in [5.74, 6) is 0.812. The van der Waals surface area contributed by atoms with Crippen LogP contribution in [-0.2, 0) is 6.42 Å². The summed E-state index contributed by atoms with van der Waals surface area (Å²) in [6.07, 6.45) is 11.8. The van der Waals surface area contributed by atoms with Gasteiger partial charge >= 0.3 is 0 Å². The molecule has 1 aromatic carbocycles. The molecule has 0 saturated heterocycles. The first-order valence-electron chi connectivity index (χ1n) is 8.59. The van der Waals surface area contributed by atoms with Crippen LogP contribution in [0.3, 0.4) is 0 Å². The van der Waals surface area contributed by atoms with Crippen molar-refractivity contribution < 1.29 is 0 Å². The molecule has 5 nitrogen and oxygen atoms in total. The summed E-state index contributed by atoms with van der Waals surface area (Å²) >= 11 is 1.56. The molecule has 0 saturated carbocycles. The third-order valence-corrected chi connectivity index (χ3v) is 4.81. The van der Waals surface area contributed by atoms with E-state index in [-0.39, 0.29) is 0 Å². The van der Waals surface area contributed by atoms with Crippen molar-refractivity contribution in [2.24, 2.45) is 0 Å². The molecule has 0 aliphatic carbocycles. The Bertz CT molecular complexity index is 1020. The Labute approximate surface area is 155 Å². The van der Waals surface area contributed by atoms with Crippen molar-refractivity contribution in [2.75, 3.05) is 5.32 Å². The molecule has 0 spiro atoms. The number of thiazole rings is 1. The number of aromatic nitrogens is 4. The largest absolute Gasteiger partial charge is 0.314 e. The second-order valence-electron chi connectivity index (χ2n) is 6.01. The van der Waals surface area contributed by atoms with E-state index in [2.05, 4.69) is 56.7 Å². The number of benzene rings is 1. The predicted octanol–water partition coefficient (Wildman–Crippen LogP) is 5.28. The van der Waals surface area contributed by atoms with E-state index in [0.717, 1.165) is 45.8 Å². The van der Waals surface area contributed by atoms with Crippen LogP contribution in [0, 0.1) is 0 Å². The predicted molar refractivity (Wildman–Crippen MR) is 109 cm³/mol. The first kappa shape index (κ1) is 16.5. The first-order valence-corrected chi connectivity index (χ1v) is 9.47. The lowest BCUT2D eigenvalue weighted by molar-refractivity contribution is 0.923. The molecule has 26 heavy (non-hydrogen) atoms. The van der Waals surface area contributed by atoms with Gasteiger partial charge in [0.2, 0.25) is 0 Å². The minimum Gasteiger partial charge on any atom is -0.314 e. The maximum atomic E-state index is 4.47. The molecule has 6 heteroatoms. The molecule has 0 aliphatic heterocycles. The Morgan fingerprint density at radius 2 is 2.04 bits per heavy atom. The summed E-state index contributed by atoms with van der Waals surface area (Å²) < 4.78 is 0. The van der Waals surface area contributed by atoms with Crippen LogP contribution in [-0.4, -0.2) is 20.2 Å². The van der Waals surface area contributed by atoms with Gasteiger partial charge in [-0.15, -0.1) is 11.3 Å². The van der Waals surface area contributed by atoms with Crippen molar-refractivity contribution in [1.29, 1.82) is 0 Å². The van der Waals surface area contributed by atoms with E-state index in [1.54, 1.807) is 29.9 Å². The highest BCUT2D eigenvalue weighted by Gasteiger charge is 2.11. The van der Waals surface area contributed by atoms with Crippen molar-refractivity contribution in [3.05, 3.63) is 64.9 Å². The number of hydrogen-bond acceptors (Lipinski definition) is 5. The zero-order valence-corrected chi connectivity index (χ0v) is 15.3. The summed E-state index contributed by atoms with van der Waals surface area (Å²) in [5.41, 5.74) is 4.57. The lowest BCUT2D eigenvalue weighted by atomic mass is 10.0. The summed E-state index contributed by atoms with van der Waals surface area (Å²) in [6, 6.07) is 8.43. The van der Waals surface area contributed by atoms with Crippen molar-refractivity contribution in [2.45, 2.75) is 19.8 Å². The molecule has 0 atom stereocenters. The van der Waals surface area contributed by atoms with E-state index in [4.69, 9.17) is 0 Å². The first-order chi connectivity index (χ1) is 12.8. The maximum absolute atomic E-state index is 4.47. The molecule has 0 unspecified atom stereocenters. The number of pyridine rings is 1. The van der Waals surface area contributed by atoms with Crippen molar-refractivity contribution in [1.82, 2.24) is 20.2 Å². The fourth-order valence-corrected chi connectivity index (χ4v) is 3.44. The van der Waals surface area contributed by atoms with Crippen LogP contribution < -0.4 is 5.32 Å². The molecule has 4 rings (SSSR count). The Morgan fingerprint density at radius 3 is 2.81 bits per heavy atom. The highest BCUT2D eigenvalue weighted by molar-refractivity contribution is 7.13. The number of anilines is 2. The molecule has 3 heterocycles. The average molecular weight is 361 g/mol. The number of hydrogen-bond donors (Lipinski definition) is 2. The monoisotopic (exact) mass is 361 g/mol. The molecular formula is C20H19N5S. The molecule has 2 N–H and O–H groups in total. The van der Waals surface area contributed by atoms with Crippen LogP contribution in [0.4, 0.5) is 10.9 Å². The van der Waals surface area contributed by atoms with Crippen LogP contribution in [0.15, 0.2) is 48.2 Å². The summed E-state index contributed by atoms with van der Waals surface area (Å²) in [7, 11) is 0. The standard InChI is InChI=1S/C20H19N5S/c1-2-3-15-12-16(5-4-14-6-8-21-9-7-14)18-17(13-15)19(25-24-18)23-20-22-10-11-26-20/h4-13H,2-3H2,1H3,(H2,22,23,24,25)/b5-4+. The lowest BCUT2D eigenvalue weighted by Gasteiger charge is -2.05. The number of H-pyrrole nitrogens is 1. The number of fused-ring (bicyclic) bond motifs is 1. The van der Waals surface area contributed by atoms with Gasteiger partial charge in [0.1, 0.15) is 0 Å². The smallest absolute Gasteiger partial charge is 0.188 e. The van der Waals surface area contributed by atoms with Gasteiger partial charge in [-0.2, -0.15) is 5.10 Å². The number of aryl methyl sites for hydroxylation is 1. The Hall–Kier alpha value is -2.99. The number of rotatable bonds is 6. The Morgan fingerprint density at radius 1 is 1.15 bits per heavy atom. The third-order valence-electron chi connectivity index (χ3n) is 4.12. The Kier molecular flexibility index (Phi) is 4.75. The molecule has 0 aliphatic rings. The molecule has 0 fully saturated rings. The summed E-state index contributed by atoms with van der Waals surface area (Å²) in [6.45, 7) is 2.20. The van der Waals surface area contributed by atoms with Gasteiger partial charge in [0.05, 0.1) is 5.52 Å². The minimum atomic E-state index is 0.812. The molecule has 0 amide bonds. The second kappa shape index (κ2) is 7.49. The van der Waals surface area contributed by atoms with E-state index in [0.29, 0.717) is 0 Å². The highest BCUT2D eigenvalue weighted by Crippen LogP contribution is 2.29. The van der Waals surface area contributed by atoms with Gasteiger partial charge in [-0.1, -0.05) is 25.5 Å². The maximum Gasteiger partial charge on any atom is 0.188 e. The molecule has 4 aromatic rings. The van der Waals surface area contributed by atoms with E-state index in [1.807, 2.05) is 17.5 Å². The van der Waals surface area contributed by atoms with Crippen molar-refractivity contribution in [3.63, 3.8) is 0 Å². The normalized spacial score (nSPS) is 11.4. The third kappa shape index (κ3) is 3.50. The van der Waals surface area contributed by atoms with Gasteiger partial charge < -0.3 is 5.32 Å². The van der Waals surface area contributed by atoms with Gasteiger partial charge in [-0.3, -0.25) is 10.1 Å². The lowest BCUT2D eigenvalue weighted by Crippen LogP contribution is -1.91. The summed E-state index contributed by atoms with van der Waals surface area (Å²) in [5, 5.41) is 14.8. The van der Waals surface area contributed by atoms with Crippen LogP contribution in [0.25, 0.3) is 23.1 Å². The zero-order valence-electron chi connectivity index (χ0n) is 14.4. The average Bonchev–Trinajstić information content (AvgIpc) is 3.32. The molecule has 0 bridgehead atoms. The van der Waals surface area contributed by atoms with E-state index >= 15 is 0 Å². The number of aromatic amines is 1. The van der Waals surface area contributed by atoms with Crippen molar-refractivity contribution >= 4 is 45.3 Å². The van der Waals surface area contributed by atoms with Gasteiger partial charge in [0.25, 0.3) is 0 Å². The van der Waals surface area contributed by atoms with Gasteiger partial charge in [0.15, 0.2) is 10.9 Å².